The van der Waals surface area contributed by atoms with Crippen LogP contribution in [0, 0.1) is 11.3 Å². The van der Waals surface area contributed by atoms with Crippen LogP contribution in [0.2, 0.25) is 0 Å². The number of benzene rings is 2. The standard InChI is InChI=1S/C15H12N2O3.B/c16-10-11-5-7-13(8-6-11)19-15-9-12-3-1-2-4-14(12)17(18)20-15;/h1-8,15,18H,9H2;. The van der Waals surface area contributed by atoms with E-state index in [1.54, 1.807) is 30.3 Å². The Morgan fingerprint density at radius 3 is 2.62 bits per heavy atom. The van der Waals surface area contributed by atoms with Gasteiger partial charge in [-0.25, -0.2) is 4.84 Å². The van der Waals surface area contributed by atoms with Crippen LogP contribution in [0.1, 0.15) is 11.1 Å². The molecule has 0 amide bonds. The molecule has 0 aromatic heterocycles. The molecule has 3 rings (SSSR count). The Morgan fingerprint density at radius 2 is 1.90 bits per heavy atom. The molecular formula is C15H12BN2O3. The van der Waals surface area contributed by atoms with Gasteiger partial charge in [0.2, 0.25) is 6.29 Å². The van der Waals surface area contributed by atoms with E-state index in [4.69, 9.17) is 14.8 Å². The van der Waals surface area contributed by atoms with Gasteiger partial charge in [0.25, 0.3) is 0 Å². The number of rotatable bonds is 2. The van der Waals surface area contributed by atoms with Crippen molar-refractivity contribution < 1.29 is 14.8 Å². The minimum atomic E-state index is -0.608. The lowest BCUT2D eigenvalue weighted by Gasteiger charge is -2.30. The van der Waals surface area contributed by atoms with E-state index in [0.29, 0.717) is 23.4 Å². The third kappa shape index (κ3) is 3.16. The number of nitrogens with zero attached hydrogens (tertiary/aromatic N) is 2. The van der Waals surface area contributed by atoms with E-state index >= 15 is 0 Å². The van der Waals surface area contributed by atoms with Gasteiger partial charge >= 0.3 is 0 Å². The maximum absolute atomic E-state index is 9.78. The predicted molar refractivity (Wildman–Crippen MR) is 76.8 cm³/mol. The van der Waals surface area contributed by atoms with Crippen LogP contribution in [0.5, 0.6) is 5.75 Å². The molecule has 0 saturated carbocycles. The fraction of sp³-hybridized carbons (Fsp3) is 0.133. The fourth-order valence-corrected chi connectivity index (χ4v) is 2.08. The smallest absolute Gasteiger partial charge is 0.230 e. The lowest BCUT2D eigenvalue weighted by atomic mass is 10.1. The van der Waals surface area contributed by atoms with Crippen LogP contribution >= 0.6 is 0 Å². The van der Waals surface area contributed by atoms with Crippen molar-refractivity contribution in [2.24, 2.45) is 0 Å². The Morgan fingerprint density at radius 1 is 1.19 bits per heavy atom. The zero-order valence-electron chi connectivity index (χ0n) is 11.1. The van der Waals surface area contributed by atoms with Crippen LogP contribution in [0.15, 0.2) is 48.5 Å². The summed E-state index contributed by atoms with van der Waals surface area (Å²) in [6.07, 6.45) is -0.0735. The number of hydrogen-bond acceptors (Lipinski definition) is 5. The second-order valence-electron chi connectivity index (χ2n) is 4.39. The molecule has 0 fully saturated rings. The van der Waals surface area contributed by atoms with Crippen molar-refractivity contribution in [1.82, 2.24) is 0 Å². The van der Waals surface area contributed by atoms with E-state index in [1.807, 2.05) is 24.3 Å². The summed E-state index contributed by atoms with van der Waals surface area (Å²) in [6.45, 7) is 0. The molecule has 1 aliphatic heterocycles. The zero-order chi connectivity index (χ0) is 13.9. The van der Waals surface area contributed by atoms with E-state index in [9.17, 15) is 5.21 Å². The van der Waals surface area contributed by atoms with Gasteiger partial charge in [-0.15, -0.1) is 5.23 Å². The summed E-state index contributed by atoms with van der Waals surface area (Å²) in [7, 11) is 0. The van der Waals surface area contributed by atoms with Gasteiger partial charge in [0.05, 0.1) is 17.3 Å². The van der Waals surface area contributed by atoms with Gasteiger partial charge in [0.1, 0.15) is 5.75 Å². The van der Waals surface area contributed by atoms with Crippen LogP contribution in [-0.4, -0.2) is 19.9 Å². The summed E-state index contributed by atoms with van der Waals surface area (Å²) < 4.78 is 5.65. The zero-order valence-corrected chi connectivity index (χ0v) is 11.1. The van der Waals surface area contributed by atoms with Gasteiger partial charge in [0, 0.05) is 14.8 Å². The third-order valence-electron chi connectivity index (χ3n) is 3.05. The van der Waals surface area contributed by atoms with Gasteiger partial charge in [-0.05, 0) is 35.9 Å². The minimum absolute atomic E-state index is 0. The summed E-state index contributed by atoms with van der Waals surface area (Å²) in [4.78, 5) is 5.27. The van der Waals surface area contributed by atoms with Crippen LogP contribution < -0.4 is 9.96 Å². The predicted octanol–water partition coefficient (Wildman–Crippen LogP) is 2.27. The van der Waals surface area contributed by atoms with Crippen molar-refractivity contribution in [2.75, 3.05) is 5.23 Å². The maximum Gasteiger partial charge on any atom is 0.230 e. The molecule has 1 atom stereocenters. The number of ether oxygens (including phenoxy) is 1. The topological polar surface area (TPSA) is 65.7 Å². The first-order valence-corrected chi connectivity index (χ1v) is 6.17. The summed E-state index contributed by atoms with van der Waals surface area (Å²) in [5.41, 5.74) is 2.13. The molecular weight excluding hydrogens is 267 g/mol. The van der Waals surface area contributed by atoms with Gasteiger partial charge in [-0.2, -0.15) is 5.26 Å². The van der Waals surface area contributed by atoms with Crippen molar-refractivity contribution in [2.45, 2.75) is 12.7 Å². The number of hydrogen-bond donors (Lipinski definition) is 1. The summed E-state index contributed by atoms with van der Waals surface area (Å²) in [5, 5.41) is 19.2. The molecule has 103 valence electrons. The molecule has 21 heavy (non-hydrogen) atoms. The summed E-state index contributed by atoms with van der Waals surface area (Å²) in [6, 6.07) is 16.2. The molecule has 2 aromatic rings. The van der Waals surface area contributed by atoms with Crippen LogP contribution in [-0.2, 0) is 11.3 Å². The molecule has 0 aliphatic carbocycles. The van der Waals surface area contributed by atoms with Crippen LogP contribution in [0.25, 0.3) is 0 Å². The molecule has 0 spiro atoms. The van der Waals surface area contributed by atoms with E-state index in [0.717, 1.165) is 10.8 Å². The average molecular weight is 279 g/mol. The second kappa shape index (κ2) is 6.31. The number of para-hydroxylation sites is 1. The Hall–Kier alpha value is -2.49. The molecule has 0 saturated heterocycles. The first-order chi connectivity index (χ1) is 9.76. The lowest BCUT2D eigenvalue weighted by Crippen LogP contribution is -2.37. The Balaban J connectivity index is 0.00000161. The molecule has 2 aromatic carbocycles. The van der Waals surface area contributed by atoms with E-state index in [-0.39, 0.29) is 8.41 Å². The largest absolute Gasteiger partial charge is 0.462 e. The third-order valence-corrected chi connectivity index (χ3v) is 3.05. The molecule has 1 N–H and O–H groups in total. The molecule has 5 nitrogen and oxygen atoms in total. The van der Waals surface area contributed by atoms with E-state index in [2.05, 4.69) is 0 Å². The summed E-state index contributed by atoms with van der Waals surface area (Å²) >= 11 is 0. The van der Waals surface area contributed by atoms with Crippen LogP contribution in [0.3, 0.4) is 0 Å². The number of fused-ring (bicyclic) bond motifs is 1. The van der Waals surface area contributed by atoms with Crippen molar-refractivity contribution in [3.05, 3.63) is 59.7 Å². The lowest BCUT2D eigenvalue weighted by molar-refractivity contribution is -0.166. The van der Waals surface area contributed by atoms with E-state index < -0.39 is 6.29 Å². The molecule has 6 heteroatoms. The average Bonchev–Trinajstić information content (AvgIpc) is 2.48. The van der Waals surface area contributed by atoms with Crippen molar-refractivity contribution in [3.63, 3.8) is 0 Å². The monoisotopic (exact) mass is 279 g/mol. The number of nitriles is 1. The normalized spacial score (nSPS) is 16.4. The highest BCUT2D eigenvalue weighted by molar-refractivity contribution is 5.75. The van der Waals surface area contributed by atoms with Crippen molar-refractivity contribution in [1.29, 1.82) is 5.26 Å². The van der Waals surface area contributed by atoms with Crippen molar-refractivity contribution in [3.8, 4) is 11.8 Å². The molecule has 1 heterocycles. The highest BCUT2D eigenvalue weighted by atomic mass is 16.9. The Bertz CT molecular complexity index is 655. The SMILES string of the molecule is N#Cc1ccc(OC2Cc3ccccc3N(O)O2)cc1.[B]. The second-order valence-corrected chi connectivity index (χ2v) is 4.39. The quantitative estimate of drug-likeness (QED) is 0.854. The summed E-state index contributed by atoms with van der Waals surface area (Å²) in [5.74, 6) is 0.585. The Labute approximate surface area is 124 Å². The highest BCUT2D eigenvalue weighted by Crippen LogP contribution is 2.28. The van der Waals surface area contributed by atoms with Gasteiger partial charge < -0.3 is 4.74 Å². The highest BCUT2D eigenvalue weighted by Gasteiger charge is 2.25. The molecule has 1 unspecified atom stereocenters. The first kappa shape index (κ1) is 14.9. The van der Waals surface area contributed by atoms with E-state index in [1.165, 1.54) is 0 Å². The van der Waals surface area contributed by atoms with Gasteiger partial charge in [-0.3, -0.25) is 5.21 Å². The molecule has 3 radical (unpaired) electrons. The van der Waals surface area contributed by atoms with Gasteiger partial charge in [-0.1, -0.05) is 18.2 Å². The minimum Gasteiger partial charge on any atom is -0.462 e. The molecule has 0 bridgehead atoms. The van der Waals surface area contributed by atoms with Crippen LogP contribution in [0.4, 0.5) is 5.69 Å². The molecule has 1 aliphatic rings. The van der Waals surface area contributed by atoms with Gasteiger partial charge in [0.15, 0.2) is 0 Å². The number of anilines is 1. The fourth-order valence-electron chi connectivity index (χ4n) is 2.08. The first-order valence-electron chi connectivity index (χ1n) is 6.17. The maximum atomic E-state index is 9.78. The van der Waals surface area contributed by atoms with Crippen molar-refractivity contribution >= 4 is 14.1 Å². The Kier molecular flexibility index (Phi) is 4.48.